The van der Waals surface area contributed by atoms with Gasteiger partial charge in [-0.3, -0.25) is 0 Å². The highest BCUT2D eigenvalue weighted by atomic mass is 32.1. The molecule has 52 heavy (non-hydrogen) atoms. The molecule has 0 fully saturated rings. The molecule has 11 aromatic rings. The molecule has 244 valence electrons. The third kappa shape index (κ3) is 4.44. The van der Waals surface area contributed by atoms with Crippen molar-refractivity contribution in [3.8, 4) is 45.3 Å². The summed E-state index contributed by atoms with van der Waals surface area (Å²) < 4.78 is 11.2. The van der Waals surface area contributed by atoms with Gasteiger partial charge in [0.15, 0.2) is 17.5 Å². The molecule has 0 aliphatic rings. The maximum atomic E-state index is 6.44. The van der Waals surface area contributed by atoms with Crippen LogP contribution in [0.3, 0.4) is 0 Å². The summed E-state index contributed by atoms with van der Waals surface area (Å²) in [6, 6.07) is 53.0. The summed E-state index contributed by atoms with van der Waals surface area (Å²) >= 11 is 1.81. The molecule has 0 amide bonds. The number of nitrogens with zero attached hydrogens (tertiary/aromatic N) is 4. The first kappa shape index (κ1) is 29.1. The molecule has 4 aromatic heterocycles. The average Bonchev–Trinajstić information content (AvgIpc) is 3.87. The van der Waals surface area contributed by atoms with Crippen LogP contribution in [0.5, 0.6) is 0 Å². The Kier molecular flexibility index (Phi) is 6.27. The van der Waals surface area contributed by atoms with E-state index in [0.29, 0.717) is 17.5 Å². The van der Waals surface area contributed by atoms with Crippen LogP contribution in [0, 0.1) is 0 Å². The zero-order chi connectivity index (χ0) is 34.3. The number of rotatable bonds is 4. The van der Waals surface area contributed by atoms with Crippen molar-refractivity contribution in [3.63, 3.8) is 0 Å². The Balaban J connectivity index is 1.14. The van der Waals surface area contributed by atoms with Gasteiger partial charge in [-0.15, -0.1) is 11.3 Å². The number of fused-ring (bicyclic) bond motifs is 10. The fraction of sp³-hybridized carbons (Fsp3) is 0.0217. The van der Waals surface area contributed by atoms with E-state index in [1.165, 1.54) is 36.5 Å². The monoisotopic (exact) mass is 684 g/mol. The second-order valence-corrected chi connectivity index (χ2v) is 14.4. The van der Waals surface area contributed by atoms with Crippen LogP contribution in [0.1, 0.15) is 0 Å². The van der Waals surface area contributed by atoms with Gasteiger partial charge in [-0.2, -0.15) is 0 Å². The third-order valence-electron chi connectivity index (χ3n) is 10.3. The lowest BCUT2D eigenvalue weighted by Crippen LogP contribution is -2.00. The largest absolute Gasteiger partial charge is 0.456 e. The van der Waals surface area contributed by atoms with Crippen molar-refractivity contribution in [1.82, 2.24) is 19.5 Å². The number of thiophene rings is 1. The molecule has 7 aromatic carbocycles. The number of benzene rings is 7. The van der Waals surface area contributed by atoms with E-state index in [1.54, 1.807) is 0 Å². The third-order valence-corrected chi connectivity index (χ3v) is 11.4. The van der Waals surface area contributed by atoms with Gasteiger partial charge in [0.25, 0.3) is 0 Å². The summed E-state index contributed by atoms with van der Waals surface area (Å²) in [7, 11) is 2.12. The van der Waals surface area contributed by atoms with Gasteiger partial charge in [0, 0.05) is 76.5 Å². The Labute approximate surface area is 302 Å². The van der Waals surface area contributed by atoms with Crippen LogP contribution in [0.15, 0.2) is 156 Å². The summed E-state index contributed by atoms with van der Waals surface area (Å²) in [5.74, 6) is 1.86. The lowest BCUT2D eigenvalue weighted by Gasteiger charge is -2.10. The van der Waals surface area contributed by atoms with Gasteiger partial charge in [-0.05, 0) is 65.7 Å². The lowest BCUT2D eigenvalue weighted by molar-refractivity contribution is 0.669. The van der Waals surface area contributed by atoms with E-state index < -0.39 is 0 Å². The zero-order valence-corrected chi connectivity index (χ0v) is 28.9. The van der Waals surface area contributed by atoms with Crippen LogP contribution < -0.4 is 0 Å². The van der Waals surface area contributed by atoms with Crippen molar-refractivity contribution < 1.29 is 4.42 Å². The number of para-hydroxylation sites is 1. The first-order valence-electron chi connectivity index (χ1n) is 17.3. The summed E-state index contributed by atoms with van der Waals surface area (Å²) in [4.78, 5) is 15.5. The summed E-state index contributed by atoms with van der Waals surface area (Å²) in [6.07, 6.45) is 0. The van der Waals surface area contributed by atoms with Crippen LogP contribution in [0.4, 0.5) is 0 Å². The number of aryl methyl sites for hydroxylation is 1. The van der Waals surface area contributed by atoms with E-state index in [9.17, 15) is 0 Å². The fourth-order valence-electron chi connectivity index (χ4n) is 7.75. The van der Waals surface area contributed by atoms with E-state index in [0.717, 1.165) is 55.3 Å². The number of furan rings is 1. The Morgan fingerprint density at radius 3 is 1.90 bits per heavy atom. The van der Waals surface area contributed by atoms with Crippen molar-refractivity contribution in [2.75, 3.05) is 0 Å². The van der Waals surface area contributed by atoms with Crippen LogP contribution in [-0.4, -0.2) is 19.5 Å². The molecule has 0 saturated carbocycles. The molecule has 0 spiro atoms. The van der Waals surface area contributed by atoms with Crippen molar-refractivity contribution >= 4 is 75.3 Å². The molecule has 11 rings (SSSR count). The maximum Gasteiger partial charge on any atom is 0.164 e. The molecule has 0 bridgehead atoms. The van der Waals surface area contributed by atoms with E-state index in [1.807, 2.05) is 23.5 Å². The lowest BCUT2D eigenvalue weighted by atomic mass is 10.0. The van der Waals surface area contributed by atoms with Gasteiger partial charge in [0.1, 0.15) is 11.2 Å². The van der Waals surface area contributed by atoms with Crippen LogP contribution in [0.25, 0.3) is 109 Å². The smallest absolute Gasteiger partial charge is 0.164 e. The quantitative estimate of drug-likeness (QED) is 0.185. The molecule has 5 nitrogen and oxygen atoms in total. The van der Waals surface area contributed by atoms with E-state index in [-0.39, 0.29) is 0 Å². The highest BCUT2D eigenvalue weighted by molar-refractivity contribution is 7.26. The van der Waals surface area contributed by atoms with Gasteiger partial charge < -0.3 is 8.98 Å². The first-order valence-corrected chi connectivity index (χ1v) is 18.1. The van der Waals surface area contributed by atoms with Crippen molar-refractivity contribution in [2.45, 2.75) is 0 Å². The minimum absolute atomic E-state index is 0.612. The second kappa shape index (κ2) is 11.2. The molecule has 0 aliphatic carbocycles. The minimum atomic E-state index is 0.612. The molecular formula is C46H28N4OS. The number of hydrogen-bond donors (Lipinski definition) is 0. The minimum Gasteiger partial charge on any atom is -0.456 e. The standard InChI is InChI=1S/C46H28N4OS/c1-50-36-16-7-5-14-32(36)33-20-18-31(26-37(33)50)46-48-44(29-13-9-12-28(24-29)27-10-3-2-4-11-27)47-45(49-46)30-19-21-38-35(25-30)42-39(51-38)22-23-41-43(42)34-15-6-8-17-40(34)52-41/h2-26H,1H3. The predicted octanol–water partition coefficient (Wildman–Crippen LogP) is 12.5. The fourth-order valence-corrected chi connectivity index (χ4v) is 8.87. The van der Waals surface area contributed by atoms with E-state index in [2.05, 4.69) is 151 Å². The zero-order valence-electron chi connectivity index (χ0n) is 28.0. The Bertz CT molecular complexity index is 3210. The van der Waals surface area contributed by atoms with Crippen molar-refractivity contribution in [3.05, 3.63) is 152 Å². The van der Waals surface area contributed by atoms with Crippen molar-refractivity contribution in [1.29, 1.82) is 0 Å². The highest BCUT2D eigenvalue weighted by Gasteiger charge is 2.19. The molecule has 4 heterocycles. The Morgan fingerprint density at radius 1 is 0.423 bits per heavy atom. The normalized spacial score (nSPS) is 11.9. The predicted molar refractivity (Wildman–Crippen MR) is 216 cm³/mol. The SMILES string of the molecule is Cn1c2ccccc2c2ccc(-c3nc(-c4cccc(-c5ccccc5)c4)nc(-c4ccc5oc6ccc7sc8ccccc8c7c6c5c4)n3)cc21. The van der Waals surface area contributed by atoms with Gasteiger partial charge in [0.2, 0.25) is 0 Å². The molecule has 0 aliphatic heterocycles. The molecule has 0 N–H and O–H groups in total. The summed E-state index contributed by atoms with van der Waals surface area (Å²) in [5.41, 5.74) is 9.06. The number of hydrogen-bond acceptors (Lipinski definition) is 5. The van der Waals surface area contributed by atoms with Crippen LogP contribution in [-0.2, 0) is 7.05 Å². The molecule has 0 atom stereocenters. The Morgan fingerprint density at radius 2 is 1.06 bits per heavy atom. The molecular weight excluding hydrogens is 657 g/mol. The van der Waals surface area contributed by atoms with Crippen LogP contribution in [0.2, 0.25) is 0 Å². The maximum absolute atomic E-state index is 6.44. The number of aromatic nitrogens is 4. The Hall–Kier alpha value is -6.63. The van der Waals surface area contributed by atoms with E-state index in [4.69, 9.17) is 19.4 Å². The highest BCUT2D eigenvalue weighted by Crippen LogP contribution is 2.43. The molecule has 6 heteroatoms. The summed E-state index contributed by atoms with van der Waals surface area (Å²) in [6.45, 7) is 0. The topological polar surface area (TPSA) is 56.7 Å². The average molecular weight is 685 g/mol. The van der Waals surface area contributed by atoms with Gasteiger partial charge >= 0.3 is 0 Å². The molecule has 0 unspecified atom stereocenters. The first-order chi connectivity index (χ1) is 25.7. The second-order valence-electron chi connectivity index (χ2n) is 13.3. The van der Waals surface area contributed by atoms with Crippen LogP contribution >= 0.6 is 11.3 Å². The van der Waals surface area contributed by atoms with Gasteiger partial charge in [0.05, 0.1) is 0 Å². The molecule has 0 radical (unpaired) electrons. The van der Waals surface area contributed by atoms with Gasteiger partial charge in [-0.25, -0.2) is 15.0 Å². The van der Waals surface area contributed by atoms with E-state index >= 15 is 0 Å². The van der Waals surface area contributed by atoms with Gasteiger partial charge in [-0.1, -0.05) is 97.1 Å². The summed E-state index contributed by atoms with van der Waals surface area (Å²) in [5, 5.41) is 7.08. The van der Waals surface area contributed by atoms with Crippen molar-refractivity contribution in [2.24, 2.45) is 7.05 Å². The molecule has 0 saturated heterocycles.